The number of rotatable bonds is 5. The fraction of sp³-hybridized carbons (Fsp3) is 0.538. The fourth-order valence-corrected chi connectivity index (χ4v) is 1.47. The van der Waals surface area contributed by atoms with Gasteiger partial charge < -0.3 is 15.2 Å². The van der Waals surface area contributed by atoms with Gasteiger partial charge in [-0.15, -0.1) is 0 Å². The lowest BCUT2D eigenvalue weighted by molar-refractivity contribution is -0.0168. The number of pyridine rings is 1. The van der Waals surface area contributed by atoms with Crippen LogP contribution in [0.5, 0.6) is 5.88 Å². The highest BCUT2D eigenvalue weighted by molar-refractivity contribution is 7.80. The normalized spacial score (nSPS) is 11.3. The summed E-state index contributed by atoms with van der Waals surface area (Å²) in [5.41, 5.74) is 6.97. The first-order valence-corrected chi connectivity index (χ1v) is 6.24. The van der Waals surface area contributed by atoms with Crippen LogP contribution < -0.4 is 10.5 Å². The van der Waals surface area contributed by atoms with Gasteiger partial charge in [-0.25, -0.2) is 4.98 Å². The van der Waals surface area contributed by atoms with E-state index in [9.17, 15) is 0 Å². The third kappa shape index (κ3) is 4.98. The van der Waals surface area contributed by atoms with E-state index < -0.39 is 0 Å². The molecule has 0 amide bonds. The summed E-state index contributed by atoms with van der Waals surface area (Å²) in [4.78, 5) is 4.57. The van der Waals surface area contributed by atoms with E-state index in [-0.39, 0.29) is 10.6 Å². The molecule has 1 aromatic rings. The Labute approximate surface area is 113 Å². The minimum atomic E-state index is -0.171. The number of ether oxygens (including phenoxy) is 2. The van der Waals surface area contributed by atoms with Gasteiger partial charge in [0.05, 0.1) is 17.8 Å². The van der Waals surface area contributed by atoms with Gasteiger partial charge in [-0.2, -0.15) is 0 Å². The molecule has 0 unspecified atom stereocenters. The quantitative estimate of drug-likeness (QED) is 0.655. The number of nitrogens with two attached hydrogens (primary N) is 1. The Morgan fingerprint density at radius 3 is 2.56 bits per heavy atom. The number of hydrogen-bond acceptors (Lipinski definition) is 4. The van der Waals surface area contributed by atoms with Crippen LogP contribution in [-0.4, -0.2) is 28.8 Å². The molecule has 0 bridgehead atoms. The van der Waals surface area contributed by atoms with Crippen molar-refractivity contribution < 1.29 is 9.47 Å². The molecule has 0 aliphatic rings. The van der Waals surface area contributed by atoms with Crippen LogP contribution in [0.4, 0.5) is 0 Å². The average Bonchev–Trinajstić information content (AvgIpc) is 2.22. The summed E-state index contributed by atoms with van der Waals surface area (Å²) < 4.78 is 11.1. The van der Waals surface area contributed by atoms with E-state index in [4.69, 9.17) is 27.4 Å². The summed E-state index contributed by atoms with van der Waals surface area (Å²) in [6.07, 6.45) is 0. The summed E-state index contributed by atoms with van der Waals surface area (Å²) in [5, 5.41) is 0. The predicted molar refractivity (Wildman–Crippen MR) is 76.1 cm³/mol. The van der Waals surface area contributed by atoms with Crippen molar-refractivity contribution in [2.24, 2.45) is 5.73 Å². The van der Waals surface area contributed by atoms with Crippen molar-refractivity contribution in [3.8, 4) is 5.88 Å². The van der Waals surface area contributed by atoms with E-state index in [1.54, 1.807) is 0 Å². The Morgan fingerprint density at radius 2 is 2.00 bits per heavy atom. The summed E-state index contributed by atoms with van der Waals surface area (Å²) in [5.74, 6) is 0.472. The molecule has 2 N–H and O–H groups in total. The number of hydrogen-bond donors (Lipinski definition) is 1. The van der Waals surface area contributed by atoms with Crippen LogP contribution in [0.1, 0.15) is 32.0 Å². The van der Waals surface area contributed by atoms with Crippen LogP contribution >= 0.6 is 12.2 Å². The highest BCUT2D eigenvalue weighted by atomic mass is 32.1. The van der Waals surface area contributed by atoms with E-state index in [2.05, 4.69) is 4.98 Å². The van der Waals surface area contributed by atoms with Gasteiger partial charge in [0.25, 0.3) is 0 Å². The highest BCUT2D eigenvalue weighted by Gasteiger charge is 2.11. The van der Waals surface area contributed by atoms with E-state index in [1.807, 2.05) is 39.8 Å². The molecule has 0 aromatic carbocycles. The van der Waals surface area contributed by atoms with Crippen molar-refractivity contribution in [2.45, 2.75) is 33.3 Å². The number of aromatic nitrogens is 1. The number of aryl methyl sites for hydroxylation is 1. The van der Waals surface area contributed by atoms with Crippen molar-refractivity contribution in [1.82, 2.24) is 4.98 Å². The molecule has 0 radical (unpaired) electrons. The molecule has 100 valence electrons. The molecular formula is C13H20N2O2S. The SMILES string of the molecule is Cc1ccc(C(N)=S)c(OCCOC(C)(C)C)n1. The first-order chi connectivity index (χ1) is 8.29. The zero-order valence-corrected chi connectivity index (χ0v) is 12.1. The predicted octanol–water partition coefficient (Wildman–Crippen LogP) is 2.22. The standard InChI is InChI=1S/C13H20N2O2S/c1-9-5-6-10(11(14)18)12(15-9)16-7-8-17-13(2,3)4/h5-6H,7-8H2,1-4H3,(H2,14,18). The van der Waals surface area contributed by atoms with Crippen molar-refractivity contribution >= 4 is 17.2 Å². The molecule has 1 heterocycles. The van der Waals surface area contributed by atoms with Crippen molar-refractivity contribution in [3.63, 3.8) is 0 Å². The van der Waals surface area contributed by atoms with Gasteiger partial charge >= 0.3 is 0 Å². The number of thiocarbonyl (C=S) groups is 1. The van der Waals surface area contributed by atoms with Crippen molar-refractivity contribution in [1.29, 1.82) is 0 Å². The molecule has 0 saturated carbocycles. The lowest BCUT2D eigenvalue weighted by Crippen LogP contribution is -2.23. The molecule has 0 aliphatic heterocycles. The fourth-order valence-electron chi connectivity index (χ4n) is 1.32. The monoisotopic (exact) mass is 268 g/mol. The lowest BCUT2D eigenvalue weighted by Gasteiger charge is -2.19. The van der Waals surface area contributed by atoms with Crippen LogP contribution in [0.3, 0.4) is 0 Å². The Morgan fingerprint density at radius 1 is 1.33 bits per heavy atom. The second-order valence-electron chi connectivity index (χ2n) is 4.98. The topological polar surface area (TPSA) is 57.4 Å². The molecule has 5 heteroatoms. The van der Waals surface area contributed by atoms with Gasteiger partial charge in [0.2, 0.25) is 5.88 Å². The maximum Gasteiger partial charge on any atom is 0.224 e. The van der Waals surface area contributed by atoms with Crippen LogP contribution in [0.2, 0.25) is 0 Å². The lowest BCUT2D eigenvalue weighted by atomic mass is 10.2. The molecule has 4 nitrogen and oxygen atoms in total. The Kier molecular flexibility index (Phi) is 5.04. The largest absolute Gasteiger partial charge is 0.475 e. The summed E-state index contributed by atoms with van der Waals surface area (Å²) >= 11 is 4.96. The molecule has 0 spiro atoms. The maximum absolute atomic E-state index is 5.62. The summed E-state index contributed by atoms with van der Waals surface area (Å²) in [6, 6.07) is 3.68. The number of nitrogens with zero attached hydrogens (tertiary/aromatic N) is 1. The van der Waals surface area contributed by atoms with Gasteiger partial charge in [-0.05, 0) is 39.8 Å². The van der Waals surface area contributed by atoms with Gasteiger partial charge in [-0.3, -0.25) is 0 Å². The van der Waals surface area contributed by atoms with E-state index in [1.165, 1.54) is 0 Å². The Hall–Kier alpha value is -1.20. The second-order valence-corrected chi connectivity index (χ2v) is 5.42. The molecule has 18 heavy (non-hydrogen) atoms. The van der Waals surface area contributed by atoms with Crippen LogP contribution in [0.25, 0.3) is 0 Å². The smallest absolute Gasteiger partial charge is 0.224 e. The van der Waals surface area contributed by atoms with E-state index in [0.29, 0.717) is 24.7 Å². The Balaban J connectivity index is 2.61. The zero-order chi connectivity index (χ0) is 13.8. The van der Waals surface area contributed by atoms with Crippen LogP contribution in [-0.2, 0) is 4.74 Å². The third-order valence-electron chi connectivity index (χ3n) is 2.12. The van der Waals surface area contributed by atoms with Crippen LogP contribution in [0.15, 0.2) is 12.1 Å². The van der Waals surface area contributed by atoms with Gasteiger partial charge in [0.1, 0.15) is 11.6 Å². The van der Waals surface area contributed by atoms with Gasteiger partial charge in [-0.1, -0.05) is 12.2 Å². The first-order valence-electron chi connectivity index (χ1n) is 5.84. The van der Waals surface area contributed by atoms with Crippen molar-refractivity contribution in [3.05, 3.63) is 23.4 Å². The maximum atomic E-state index is 5.62. The Bertz CT molecular complexity index is 427. The van der Waals surface area contributed by atoms with E-state index >= 15 is 0 Å². The van der Waals surface area contributed by atoms with E-state index in [0.717, 1.165) is 5.69 Å². The van der Waals surface area contributed by atoms with Crippen molar-refractivity contribution in [2.75, 3.05) is 13.2 Å². The first kappa shape index (κ1) is 14.9. The molecule has 0 aliphatic carbocycles. The average molecular weight is 268 g/mol. The summed E-state index contributed by atoms with van der Waals surface area (Å²) in [6.45, 7) is 8.80. The third-order valence-corrected chi connectivity index (χ3v) is 2.34. The van der Waals surface area contributed by atoms with Gasteiger partial charge in [0, 0.05) is 5.69 Å². The summed E-state index contributed by atoms with van der Waals surface area (Å²) in [7, 11) is 0. The molecule has 1 aromatic heterocycles. The molecule has 1 rings (SSSR count). The highest BCUT2D eigenvalue weighted by Crippen LogP contribution is 2.16. The second kappa shape index (κ2) is 6.11. The molecule has 0 saturated heterocycles. The molecule has 0 fully saturated rings. The molecular weight excluding hydrogens is 248 g/mol. The minimum absolute atomic E-state index is 0.171. The zero-order valence-electron chi connectivity index (χ0n) is 11.3. The van der Waals surface area contributed by atoms with Crippen LogP contribution in [0, 0.1) is 6.92 Å². The molecule has 0 atom stereocenters. The van der Waals surface area contributed by atoms with Gasteiger partial charge in [0.15, 0.2) is 0 Å². The minimum Gasteiger partial charge on any atom is -0.475 e.